The molecule has 0 spiro atoms. The van der Waals surface area contributed by atoms with Crippen molar-refractivity contribution >= 4 is 16.0 Å². The topological polar surface area (TPSA) is 92.7 Å². The van der Waals surface area contributed by atoms with Gasteiger partial charge in [0, 0.05) is 6.54 Å². The van der Waals surface area contributed by atoms with Gasteiger partial charge in [-0.1, -0.05) is 20.8 Å². The minimum Gasteiger partial charge on any atom is -0.493 e. The Hall–Kier alpha value is -1.60. The smallest absolute Gasteiger partial charge is 0.306 e. The average Bonchev–Trinajstić information content (AvgIpc) is 2.36. The normalized spacial score (nSPS) is 12.1. The predicted octanol–water partition coefficient (Wildman–Crippen LogP) is 1.86. The van der Waals surface area contributed by atoms with Crippen LogP contribution in [0.15, 0.2) is 29.2 Å². The third-order valence-electron chi connectivity index (χ3n) is 2.51. The Bertz CT molecular complexity index is 572. The zero-order valence-electron chi connectivity index (χ0n) is 12.4. The van der Waals surface area contributed by atoms with Crippen LogP contribution in [0.4, 0.5) is 0 Å². The van der Waals surface area contributed by atoms with Crippen LogP contribution in [0.2, 0.25) is 0 Å². The molecule has 7 heteroatoms. The summed E-state index contributed by atoms with van der Waals surface area (Å²) >= 11 is 0. The van der Waals surface area contributed by atoms with Gasteiger partial charge in [-0.05, 0) is 29.7 Å². The molecule has 1 rings (SSSR count). The fraction of sp³-hybridized carbons (Fsp3) is 0.500. The van der Waals surface area contributed by atoms with Crippen LogP contribution in [0.3, 0.4) is 0 Å². The summed E-state index contributed by atoms with van der Waals surface area (Å²) in [6.07, 6.45) is -0.104. The van der Waals surface area contributed by atoms with Crippen molar-refractivity contribution in [3.8, 4) is 5.75 Å². The lowest BCUT2D eigenvalue weighted by molar-refractivity contribution is -0.137. The molecule has 0 heterocycles. The first-order valence-electron chi connectivity index (χ1n) is 6.54. The number of ether oxygens (including phenoxy) is 1. The zero-order valence-corrected chi connectivity index (χ0v) is 13.2. The van der Waals surface area contributed by atoms with Gasteiger partial charge in [0.25, 0.3) is 0 Å². The second-order valence-corrected chi connectivity index (χ2v) is 7.62. The van der Waals surface area contributed by atoms with Crippen molar-refractivity contribution in [2.45, 2.75) is 32.1 Å². The van der Waals surface area contributed by atoms with Crippen LogP contribution in [0, 0.1) is 5.41 Å². The molecule has 0 aliphatic heterocycles. The number of carbonyl (C=O) groups is 1. The van der Waals surface area contributed by atoms with E-state index in [2.05, 4.69) is 4.72 Å². The molecular weight excluding hydrogens is 294 g/mol. The highest BCUT2D eigenvalue weighted by Gasteiger charge is 2.18. The standard InChI is InChI=1S/C14H21NO5S/c1-14(2,3)10-15-21(18,19)12-6-4-11(5-7-12)20-9-8-13(16)17/h4-7,15H,8-10H2,1-3H3,(H,16,17). The number of aliphatic carboxylic acids is 1. The van der Waals surface area contributed by atoms with Crippen LogP contribution in [-0.2, 0) is 14.8 Å². The lowest BCUT2D eigenvalue weighted by Gasteiger charge is -2.18. The number of benzene rings is 1. The molecule has 21 heavy (non-hydrogen) atoms. The molecule has 1 aromatic carbocycles. The minimum absolute atomic E-state index is 0.0453. The fourth-order valence-corrected chi connectivity index (χ4v) is 2.65. The summed E-state index contributed by atoms with van der Waals surface area (Å²) in [5.41, 5.74) is -0.146. The van der Waals surface area contributed by atoms with Gasteiger partial charge in [0.2, 0.25) is 10.0 Å². The first kappa shape index (κ1) is 17.5. The number of nitrogens with one attached hydrogen (secondary N) is 1. The van der Waals surface area contributed by atoms with E-state index < -0.39 is 16.0 Å². The Morgan fingerprint density at radius 3 is 2.29 bits per heavy atom. The van der Waals surface area contributed by atoms with Crippen molar-refractivity contribution in [1.82, 2.24) is 4.72 Å². The van der Waals surface area contributed by atoms with Gasteiger partial charge in [0.15, 0.2) is 0 Å². The zero-order chi connectivity index (χ0) is 16.1. The summed E-state index contributed by atoms with van der Waals surface area (Å²) in [7, 11) is -3.54. The predicted molar refractivity (Wildman–Crippen MR) is 78.8 cm³/mol. The Kier molecular flexibility index (Phi) is 5.74. The van der Waals surface area contributed by atoms with Gasteiger partial charge in [-0.15, -0.1) is 0 Å². The van der Waals surface area contributed by atoms with Crippen molar-refractivity contribution in [2.75, 3.05) is 13.2 Å². The first-order chi connectivity index (χ1) is 9.60. The van der Waals surface area contributed by atoms with E-state index in [1.54, 1.807) is 0 Å². The maximum atomic E-state index is 12.1. The molecule has 0 fully saturated rings. The van der Waals surface area contributed by atoms with E-state index in [1.165, 1.54) is 24.3 Å². The summed E-state index contributed by atoms with van der Waals surface area (Å²) in [5, 5.41) is 8.50. The van der Waals surface area contributed by atoms with Crippen molar-refractivity contribution in [1.29, 1.82) is 0 Å². The maximum Gasteiger partial charge on any atom is 0.306 e. The van der Waals surface area contributed by atoms with Gasteiger partial charge < -0.3 is 9.84 Å². The molecule has 0 saturated carbocycles. The van der Waals surface area contributed by atoms with E-state index in [1.807, 2.05) is 20.8 Å². The molecule has 0 saturated heterocycles. The molecule has 0 unspecified atom stereocenters. The average molecular weight is 315 g/mol. The quantitative estimate of drug-likeness (QED) is 0.801. The van der Waals surface area contributed by atoms with Gasteiger partial charge in [-0.2, -0.15) is 0 Å². The molecular formula is C14H21NO5S. The molecule has 0 atom stereocenters. The molecule has 118 valence electrons. The van der Waals surface area contributed by atoms with Gasteiger partial charge in [-0.25, -0.2) is 13.1 Å². The number of rotatable bonds is 7. The summed E-state index contributed by atoms with van der Waals surface area (Å²) < 4.78 is 31.9. The van der Waals surface area contributed by atoms with E-state index in [4.69, 9.17) is 9.84 Å². The highest BCUT2D eigenvalue weighted by atomic mass is 32.2. The van der Waals surface area contributed by atoms with E-state index in [9.17, 15) is 13.2 Å². The largest absolute Gasteiger partial charge is 0.493 e. The number of sulfonamides is 1. The molecule has 6 nitrogen and oxygen atoms in total. The van der Waals surface area contributed by atoms with Crippen LogP contribution in [-0.4, -0.2) is 32.6 Å². The number of hydrogen-bond donors (Lipinski definition) is 2. The number of hydrogen-bond acceptors (Lipinski definition) is 4. The number of carboxylic acids is 1. The Morgan fingerprint density at radius 1 is 1.24 bits per heavy atom. The summed E-state index contributed by atoms with van der Waals surface area (Å²) in [5.74, 6) is -0.508. The molecule has 0 bridgehead atoms. The molecule has 0 aliphatic rings. The molecule has 1 aromatic rings. The molecule has 2 N–H and O–H groups in total. The van der Waals surface area contributed by atoms with Crippen LogP contribution >= 0.6 is 0 Å². The van der Waals surface area contributed by atoms with Crippen LogP contribution in [0.25, 0.3) is 0 Å². The summed E-state index contributed by atoms with van der Waals surface area (Å²) in [6, 6.07) is 5.88. The highest BCUT2D eigenvalue weighted by Crippen LogP contribution is 2.17. The van der Waals surface area contributed by atoms with E-state index in [0.717, 1.165) is 0 Å². The van der Waals surface area contributed by atoms with E-state index in [-0.39, 0.29) is 23.3 Å². The lowest BCUT2D eigenvalue weighted by Crippen LogP contribution is -2.32. The molecule has 0 radical (unpaired) electrons. The van der Waals surface area contributed by atoms with Gasteiger partial charge in [0.05, 0.1) is 17.9 Å². The fourth-order valence-electron chi connectivity index (χ4n) is 1.37. The van der Waals surface area contributed by atoms with Gasteiger partial charge >= 0.3 is 5.97 Å². The maximum absolute atomic E-state index is 12.1. The van der Waals surface area contributed by atoms with Crippen LogP contribution < -0.4 is 9.46 Å². The Labute approximate surface area is 125 Å². The van der Waals surface area contributed by atoms with Crippen molar-refractivity contribution in [3.63, 3.8) is 0 Å². The van der Waals surface area contributed by atoms with Crippen LogP contribution in [0.1, 0.15) is 27.2 Å². The highest BCUT2D eigenvalue weighted by molar-refractivity contribution is 7.89. The van der Waals surface area contributed by atoms with Gasteiger partial charge in [0.1, 0.15) is 5.75 Å². The number of carboxylic acid groups (broad SMARTS) is 1. The summed E-state index contributed by atoms with van der Waals surface area (Å²) in [6.45, 7) is 6.20. The SMILES string of the molecule is CC(C)(C)CNS(=O)(=O)c1ccc(OCCC(=O)O)cc1. The monoisotopic (exact) mass is 315 g/mol. The second kappa shape index (κ2) is 6.91. The van der Waals surface area contributed by atoms with Gasteiger partial charge in [-0.3, -0.25) is 4.79 Å². The summed E-state index contributed by atoms with van der Waals surface area (Å²) in [4.78, 5) is 10.5. The van der Waals surface area contributed by atoms with E-state index >= 15 is 0 Å². The third kappa shape index (κ3) is 6.59. The van der Waals surface area contributed by atoms with Crippen molar-refractivity contribution < 1.29 is 23.1 Å². The molecule has 0 amide bonds. The van der Waals surface area contributed by atoms with Crippen molar-refractivity contribution in [2.24, 2.45) is 5.41 Å². The molecule has 0 aliphatic carbocycles. The Balaban J connectivity index is 2.66. The van der Waals surface area contributed by atoms with E-state index in [0.29, 0.717) is 12.3 Å². The second-order valence-electron chi connectivity index (χ2n) is 5.85. The minimum atomic E-state index is -3.54. The van der Waals surface area contributed by atoms with Crippen molar-refractivity contribution in [3.05, 3.63) is 24.3 Å². The lowest BCUT2D eigenvalue weighted by atomic mass is 9.98. The Morgan fingerprint density at radius 2 is 1.81 bits per heavy atom. The van der Waals surface area contributed by atoms with Crippen LogP contribution in [0.5, 0.6) is 5.75 Å². The first-order valence-corrected chi connectivity index (χ1v) is 8.03. The third-order valence-corrected chi connectivity index (χ3v) is 3.93. The molecule has 0 aromatic heterocycles.